The molecule has 1 heterocycles. The van der Waals surface area contributed by atoms with Crippen molar-refractivity contribution < 1.29 is 0 Å². The maximum Gasteiger partial charge on any atom is 0.191 e. The maximum atomic E-state index is 5.24. The summed E-state index contributed by atoms with van der Waals surface area (Å²) >= 11 is 5.24. The number of aromatic amines is 1. The molecule has 0 aliphatic carbocycles. The van der Waals surface area contributed by atoms with Crippen LogP contribution in [0.4, 0.5) is 11.4 Å². The van der Waals surface area contributed by atoms with E-state index in [0.29, 0.717) is 5.11 Å². The summed E-state index contributed by atoms with van der Waals surface area (Å²) in [7, 11) is 4.02. The van der Waals surface area contributed by atoms with Gasteiger partial charge in [-0.1, -0.05) is 12.1 Å². The highest BCUT2D eigenvalue weighted by atomic mass is 32.1. The number of aromatic nitrogens is 2. The molecule has 0 bridgehead atoms. The van der Waals surface area contributed by atoms with Crippen LogP contribution in [0, 0.1) is 0 Å². The summed E-state index contributed by atoms with van der Waals surface area (Å²) in [4.78, 5) is 2.05. The fourth-order valence-electron chi connectivity index (χ4n) is 2.20. The molecular formula is C17H18N6S. The third-order valence-corrected chi connectivity index (χ3v) is 3.68. The Labute approximate surface area is 145 Å². The molecule has 0 spiro atoms. The molecule has 1 aromatic heterocycles. The van der Waals surface area contributed by atoms with E-state index >= 15 is 0 Å². The number of hydrogen-bond acceptors (Lipinski definition) is 4. The number of H-pyrrole nitrogens is 1. The molecule has 24 heavy (non-hydrogen) atoms. The molecule has 6 nitrogen and oxygen atoms in total. The third kappa shape index (κ3) is 3.88. The molecule has 122 valence electrons. The van der Waals surface area contributed by atoms with E-state index in [0.717, 1.165) is 27.8 Å². The second kappa shape index (κ2) is 7.10. The van der Waals surface area contributed by atoms with Gasteiger partial charge in [0.05, 0.1) is 17.9 Å². The standard InChI is InChI=1S/C17H18N6S/c1-23(2)15-7-3-12(4-8-15)10-18-22-17(24)20-14-6-5-13-11-19-21-16(13)9-14/h3-11H,1-2H3,(H,19,21)(H2,20,22,24). The Hall–Kier alpha value is -2.93. The molecule has 0 fully saturated rings. The number of anilines is 2. The van der Waals surface area contributed by atoms with Crippen molar-refractivity contribution in [2.45, 2.75) is 0 Å². The Balaban J connectivity index is 1.56. The van der Waals surface area contributed by atoms with Gasteiger partial charge in [0.1, 0.15) is 0 Å². The number of rotatable bonds is 4. The highest BCUT2D eigenvalue weighted by Crippen LogP contribution is 2.16. The van der Waals surface area contributed by atoms with Crippen LogP contribution in [0.15, 0.2) is 53.8 Å². The van der Waals surface area contributed by atoms with Crippen LogP contribution in [0.5, 0.6) is 0 Å². The van der Waals surface area contributed by atoms with E-state index in [4.69, 9.17) is 12.2 Å². The number of nitrogens with one attached hydrogen (secondary N) is 3. The van der Waals surface area contributed by atoms with Crippen molar-refractivity contribution in [2.75, 3.05) is 24.3 Å². The number of hydrogen-bond donors (Lipinski definition) is 3. The van der Waals surface area contributed by atoms with E-state index in [1.807, 2.05) is 56.6 Å². The first kappa shape index (κ1) is 15.9. The van der Waals surface area contributed by atoms with Crippen molar-refractivity contribution in [1.82, 2.24) is 15.6 Å². The summed E-state index contributed by atoms with van der Waals surface area (Å²) in [6, 6.07) is 13.9. The van der Waals surface area contributed by atoms with Crippen molar-refractivity contribution in [2.24, 2.45) is 5.10 Å². The Morgan fingerprint density at radius 1 is 1.21 bits per heavy atom. The highest BCUT2D eigenvalue weighted by molar-refractivity contribution is 7.80. The molecule has 0 saturated carbocycles. The second-order valence-electron chi connectivity index (χ2n) is 5.48. The average molecular weight is 338 g/mol. The fourth-order valence-corrected chi connectivity index (χ4v) is 2.37. The Kier molecular flexibility index (Phi) is 4.72. The Morgan fingerprint density at radius 2 is 2.00 bits per heavy atom. The van der Waals surface area contributed by atoms with Crippen molar-refractivity contribution in [3.8, 4) is 0 Å². The normalized spacial score (nSPS) is 10.9. The zero-order chi connectivity index (χ0) is 16.9. The van der Waals surface area contributed by atoms with Gasteiger partial charge in [-0.2, -0.15) is 10.2 Å². The van der Waals surface area contributed by atoms with Crippen LogP contribution >= 0.6 is 12.2 Å². The summed E-state index contributed by atoms with van der Waals surface area (Å²) in [5.74, 6) is 0. The van der Waals surface area contributed by atoms with E-state index in [-0.39, 0.29) is 0 Å². The fraction of sp³-hybridized carbons (Fsp3) is 0.118. The maximum absolute atomic E-state index is 5.24. The van der Waals surface area contributed by atoms with Gasteiger partial charge < -0.3 is 10.2 Å². The summed E-state index contributed by atoms with van der Waals surface area (Å²) < 4.78 is 0. The molecule has 3 aromatic rings. The van der Waals surface area contributed by atoms with Crippen LogP contribution in [0.3, 0.4) is 0 Å². The molecule has 0 saturated heterocycles. The topological polar surface area (TPSA) is 68.3 Å². The minimum absolute atomic E-state index is 0.426. The van der Waals surface area contributed by atoms with Crippen LogP contribution in [0.1, 0.15) is 5.56 Å². The zero-order valence-corrected chi connectivity index (χ0v) is 14.3. The van der Waals surface area contributed by atoms with Crippen molar-refractivity contribution >= 4 is 45.8 Å². The van der Waals surface area contributed by atoms with Gasteiger partial charge in [-0.05, 0) is 48.1 Å². The molecule has 0 aliphatic rings. The van der Waals surface area contributed by atoms with Gasteiger partial charge in [-0.25, -0.2) is 0 Å². The van der Waals surface area contributed by atoms with Crippen molar-refractivity contribution in [3.63, 3.8) is 0 Å². The van der Waals surface area contributed by atoms with Gasteiger partial charge in [0.15, 0.2) is 5.11 Å². The Bertz CT molecular complexity index is 866. The van der Waals surface area contributed by atoms with Crippen LogP contribution in [-0.4, -0.2) is 35.6 Å². The Morgan fingerprint density at radius 3 is 2.75 bits per heavy atom. The average Bonchev–Trinajstić information content (AvgIpc) is 3.03. The van der Waals surface area contributed by atoms with E-state index in [1.54, 1.807) is 12.4 Å². The van der Waals surface area contributed by atoms with E-state index in [9.17, 15) is 0 Å². The number of benzene rings is 2. The lowest BCUT2D eigenvalue weighted by Crippen LogP contribution is -2.23. The first-order valence-corrected chi connectivity index (χ1v) is 7.83. The summed E-state index contributed by atoms with van der Waals surface area (Å²) in [5.41, 5.74) is 6.77. The van der Waals surface area contributed by atoms with Crippen LogP contribution in [-0.2, 0) is 0 Å². The van der Waals surface area contributed by atoms with Crippen molar-refractivity contribution in [1.29, 1.82) is 0 Å². The molecular weight excluding hydrogens is 320 g/mol. The number of fused-ring (bicyclic) bond motifs is 1. The van der Waals surface area contributed by atoms with Gasteiger partial charge in [-0.15, -0.1) is 0 Å². The molecule has 2 aromatic carbocycles. The molecule has 0 radical (unpaired) electrons. The summed E-state index contributed by atoms with van der Waals surface area (Å²) in [6.07, 6.45) is 3.51. The lowest BCUT2D eigenvalue weighted by molar-refractivity contribution is 1.05. The molecule has 7 heteroatoms. The van der Waals surface area contributed by atoms with E-state index in [2.05, 4.69) is 30.9 Å². The number of nitrogens with zero attached hydrogens (tertiary/aromatic N) is 3. The van der Waals surface area contributed by atoms with E-state index in [1.165, 1.54) is 0 Å². The van der Waals surface area contributed by atoms with Crippen LogP contribution in [0.2, 0.25) is 0 Å². The molecule has 0 unspecified atom stereocenters. The van der Waals surface area contributed by atoms with Crippen LogP contribution < -0.4 is 15.6 Å². The van der Waals surface area contributed by atoms with Crippen LogP contribution in [0.25, 0.3) is 10.9 Å². The largest absolute Gasteiger partial charge is 0.378 e. The first-order chi connectivity index (χ1) is 11.6. The summed E-state index contributed by atoms with van der Waals surface area (Å²) in [5, 5.41) is 15.6. The van der Waals surface area contributed by atoms with Gasteiger partial charge >= 0.3 is 0 Å². The second-order valence-corrected chi connectivity index (χ2v) is 5.89. The molecule has 3 N–H and O–H groups in total. The van der Waals surface area contributed by atoms with Crippen molar-refractivity contribution in [3.05, 3.63) is 54.2 Å². The summed E-state index contributed by atoms with van der Waals surface area (Å²) in [6.45, 7) is 0. The minimum atomic E-state index is 0.426. The quantitative estimate of drug-likeness (QED) is 0.388. The zero-order valence-electron chi connectivity index (χ0n) is 13.4. The lowest BCUT2D eigenvalue weighted by atomic mass is 10.2. The predicted molar refractivity (Wildman–Crippen MR) is 104 cm³/mol. The van der Waals surface area contributed by atoms with E-state index < -0.39 is 0 Å². The lowest BCUT2D eigenvalue weighted by Gasteiger charge is -2.11. The molecule has 0 atom stereocenters. The minimum Gasteiger partial charge on any atom is -0.378 e. The monoisotopic (exact) mass is 338 g/mol. The molecule has 3 rings (SSSR count). The third-order valence-electron chi connectivity index (χ3n) is 3.49. The predicted octanol–water partition coefficient (Wildman–Crippen LogP) is 2.95. The van der Waals surface area contributed by atoms with Gasteiger partial charge in [0, 0.05) is 30.9 Å². The van der Waals surface area contributed by atoms with Gasteiger partial charge in [0.2, 0.25) is 0 Å². The SMILES string of the molecule is CN(C)c1ccc(C=NNC(=S)Nc2ccc3cn[nH]c3c2)cc1. The van der Waals surface area contributed by atoms with Gasteiger partial charge in [-0.3, -0.25) is 10.5 Å². The molecule has 0 amide bonds. The number of hydrazone groups is 1. The highest BCUT2D eigenvalue weighted by Gasteiger charge is 2.00. The van der Waals surface area contributed by atoms with Gasteiger partial charge in [0.25, 0.3) is 0 Å². The smallest absolute Gasteiger partial charge is 0.191 e. The molecule has 0 aliphatic heterocycles. The first-order valence-electron chi connectivity index (χ1n) is 7.42. The number of thiocarbonyl (C=S) groups is 1.